The second kappa shape index (κ2) is 8.75. The standard InChI is InChI=1S/C21H25N3O4S/c1-14(17-5-3-7-19(11-17)24-15(2)25)23-21(26)18-6-4-8-20(12-18)29(27,28)22-13-16-9-10-16/h3-8,11-12,14,16,22H,9-10,13H2,1-2H3,(H,23,26)(H,24,25). The highest BCUT2D eigenvalue weighted by Gasteiger charge is 2.24. The number of anilines is 1. The molecule has 2 amide bonds. The molecule has 29 heavy (non-hydrogen) atoms. The lowest BCUT2D eigenvalue weighted by Crippen LogP contribution is -2.28. The summed E-state index contributed by atoms with van der Waals surface area (Å²) in [4.78, 5) is 23.9. The number of hydrogen-bond donors (Lipinski definition) is 3. The zero-order chi connectivity index (χ0) is 21.0. The third kappa shape index (κ3) is 5.88. The molecule has 2 aromatic rings. The molecule has 0 aliphatic heterocycles. The Morgan fingerprint density at radius 3 is 2.52 bits per heavy atom. The Bertz CT molecular complexity index is 1020. The predicted octanol–water partition coefficient (Wildman–Crippen LogP) is 2.82. The van der Waals surface area contributed by atoms with Crippen LogP contribution in [0.1, 0.15) is 48.7 Å². The molecule has 0 spiro atoms. The van der Waals surface area contributed by atoms with Crippen LogP contribution in [-0.2, 0) is 14.8 Å². The van der Waals surface area contributed by atoms with Crippen molar-refractivity contribution in [1.29, 1.82) is 0 Å². The van der Waals surface area contributed by atoms with Gasteiger partial charge in [0.25, 0.3) is 5.91 Å². The molecule has 0 heterocycles. The predicted molar refractivity (Wildman–Crippen MR) is 111 cm³/mol. The Labute approximate surface area is 171 Å². The number of carbonyl (C=O) groups excluding carboxylic acids is 2. The molecule has 8 heteroatoms. The lowest BCUT2D eigenvalue weighted by molar-refractivity contribution is -0.114. The van der Waals surface area contributed by atoms with Gasteiger partial charge in [0.05, 0.1) is 10.9 Å². The minimum Gasteiger partial charge on any atom is -0.346 e. The van der Waals surface area contributed by atoms with Crippen molar-refractivity contribution < 1.29 is 18.0 Å². The van der Waals surface area contributed by atoms with Crippen LogP contribution in [-0.4, -0.2) is 26.8 Å². The van der Waals surface area contributed by atoms with Gasteiger partial charge in [-0.2, -0.15) is 0 Å². The molecule has 3 N–H and O–H groups in total. The Hall–Kier alpha value is -2.71. The fourth-order valence-electron chi connectivity index (χ4n) is 2.89. The van der Waals surface area contributed by atoms with Crippen molar-refractivity contribution >= 4 is 27.5 Å². The summed E-state index contributed by atoms with van der Waals surface area (Å²) < 4.78 is 27.5. The SMILES string of the molecule is CC(=O)Nc1cccc(C(C)NC(=O)c2cccc(S(=O)(=O)NCC3CC3)c2)c1. The average Bonchev–Trinajstić information content (AvgIpc) is 3.51. The molecule has 1 unspecified atom stereocenters. The van der Waals surface area contributed by atoms with Gasteiger partial charge in [0.1, 0.15) is 0 Å². The minimum atomic E-state index is -3.64. The highest BCUT2D eigenvalue weighted by atomic mass is 32.2. The van der Waals surface area contributed by atoms with Crippen LogP contribution >= 0.6 is 0 Å². The third-order valence-corrected chi connectivity index (χ3v) is 6.14. The Morgan fingerprint density at radius 2 is 1.83 bits per heavy atom. The molecular formula is C21H25N3O4S. The molecule has 2 aromatic carbocycles. The molecule has 1 saturated carbocycles. The highest BCUT2D eigenvalue weighted by Crippen LogP contribution is 2.28. The van der Waals surface area contributed by atoms with Crippen molar-refractivity contribution in [3.63, 3.8) is 0 Å². The van der Waals surface area contributed by atoms with E-state index in [0.29, 0.717) is 18.2 Å². The number of nitrogens with one attached hydrogen (secondary N) is 3. The maximum absolute atomic E-state index is 12.7. The van der Waals surface area contributed by atoms with Gasteiger partial charge in [-0.15, -0.1) is 0 Å². The van der Waals surface area contributed by atoms with Gasteiger partial charge in [-0.25, -0.2) is 13.1 Å². The first kappa shape index (κ1) is 21.0. The van der Waals surface area contributed by atoms with Crippen LogP contribution in [0.2, 0.25) is 0 Å². The maximum atomic E-state index is 12.7. The van der Waals surface area contributed by atoms with Gasteiger partial charge in [0, 0.05) is 24.7 Å². The molecule has 0 bridgehead atoms. The summed E-state index contributed by atoms with van der Waals surface area (Å²) in [5, 5.41) is 5.57. The van der Waals surface area contributed by atoms with Crippen molar-refractivity contribution in [3.8, 4) is 0 Å². The van der Waals surface area contributed by atoms with Gasteiger partial charge in [0.15, 0.2) is 0 Å². The van der Waals surface area contributed by atoms with E-state index in [-0.39, 0.29) is 28.3 Å². The van der Waals surface area contributed by atoms with Gasteiger partial charge < -0.3 is 10.6 Å². The summed E-state index contributed by atoms with van der Waals surface area (Å²) in [6.07, 6.45) is 2.10. The fourth-order valence-corrected chi connectivity index (χ4v) is 4.05. The summed E-state index contributed by atoms with van der Waals surface area (Å²) in [7, 11) is -3.64. The summed E-state index contributed by atoms with van der Waals surface area (Å²) in [5.74, 6) is -0.126. The van der Waals surface area contributed by atoms with E-state index in [2.05, 4.69) is 15.4 Å². The van der Waals surface area contributed by atoms with E-state index in [9.17, 15) is 18.0 Å². The summed E-state index contributed by atoms with van der Waals surface area (Å²) >= 11 is 0. The number of amides is 2. The van der Waals surface area contributed by atoms with Crippen LogP contribution in [0.15, 0.2) is 53.4 Å². The van der Waals surface area contributed by atoms with Crippen LogP contribution in [0.4, 0.5) is 5.69 Å². The van der Waals surface area contributed by atoms with E-state index >= 15 is 0 Å². The molecule has 1 aliphatic carbocycles. The number of benzene rings is 2. The van der Waals surface area contributed by atoms with Crippen molar-refractivity contribution in [2.24, 2.45) is 5.92 Å². The Kier molecular flexibility index (Phi) is 6.34. The lowest BCUT2D eigenvalue weighted by atomic mass is 10.1. The Morgan fingerprint density at radius 1 is 1.10 bits per heavy atom. The van der Waals surface area contributed by atoms with E-state index in [1.807, 2.05) is 13.0 Å². The van der Waals surface area contributed by atoms with Crippen LogP contribution in [0.3, 0.4) is 0 Å². The molecule has 1 fully saturated rings. The monoisotopic (exact) mass is 415 g/mol. The molecule has 0 aromatic heterocycles. The van der Waals surface area contributed by atoms with Gasteiger partial charge in [-0.1, -0.05) is 18.2 Å². The molecule has 7 nitrogen and oxygen atoms in total. The normalized spacial score (nSPS) is 14.8. The molecule has 0 radical (unpaired) electrons. The van der Waals surface area contributed by atoms with Crippen molar-refractivity contribution in [2.75, 3.05) is 11.9 Å². The van der Waals surface area contributed by atoms with Crippen molar-refractivity contribution in [2.45, 2.75) is 37.6 Å². The second-order valence-corrected chi connectivity index (χ2v) is 9.09. The zero-order valence-electron chi connectivity index (χ0n) is 16.4. The van der Waals surface area contributed by atoms with Gasteiger partial charge >= 0.3 is 0 Å². The highest BCUT2D eigenvalue weighted by molar-refractivity contribution is 7.89. The molecule has 1 atom stereocenters. The first-order valence-electron chi connectivity index (χ1n) is 9.53. The van der Waals surface area contributed by atoms with Gasteiger partial charge in [-0.3, -0.25) is 9.59 Å². The summed E-state index contributed by atoms with van der Waals surface area (Å²) in [6.45, 7) is 3.68. The largest absolute Gasteiger partial charge is 0.346 e. The molecule has 1 aliphatic rings. The third-order valence-electron chi connectivity index (χ3n) is 4.72. The van der Waals surface area contributed by atoms with Crippen LogP contribution in [0.25, 0.3) is 0 Å². The summed E-state index contributed by atoms with van der Waals surface area (Å²) in [6, 6.07) is 12.9. The quantitative estimate of drug-likeness (QED) is 0.617. The van der Waals surface area contributed by atoms with E-state index in [1.54, 1.807) is 30.3 Å². The number of hydrogen-bond acceptors (Lipinski definition) is 4. The lowest BCUT2D eigenvalue weighted by Gasteiger charge is -2.16. The second-order valence-electron chi connectivity index (χ2n) is 7.32. The van der Waals surface area contributed by atoms with Crippen LogP contribution in [0.5, 0.6) is 0 Å². The average molecular weight is 416 g/mol. The Balaban J connectivity index is 1.69. The zero-order valence-corrected chi connectivity index (χ0v) is 17.3. The smallest absolute Gasteiger partial charge is 0.251 e. The number of sulfonamides is 1. The van der Waals surface area contributed by atoms with E-state index in [1.165, 1.54) is 19.1 Å². The van der Waals surface area contributed by atoms with Crippen LogP contribution < -0.4 is 15.4 Å². The fraction of sp³-hybridized carbons (Fsp3) is 0.333. The summed E-state index contributed by atoms with van der Waals surface area (Å²) in [5.41, 5.74) is 1.73. The molecule has 0 saturated heterocycles. The first-order valence-corrected chi connectivity index (χ1v) is 11.0. The van der Waals surface area contributed by atoms with Gasteiger partial charge in [0.2, 0.25) is 15.9 Å². The molecular weight excluding hydrogens is 390 g/mol. The number of rotatable bonds is 8. The number of carbonyl (C=O) groups is 2. The molecule has 3 rings (SSSR count). The van der Waals surface area contributed by atoms with Crippen molar-refractivity contribution in [3.05, 3.63) is 59.7 Å². The maximum Gasteiger partial charge on any atom is 0.251 e. The van der Waals surface area contributed by atoms with Crippen molar-refractivity contribution in [1.82, 2.24) is 10.0 Å². The minimum absolute atomic E-state index is 0.0751. The molecule has 154 valence electrons. The van der Waals surface area contributed by atoms with E-state index in [4.69, 9.17) is 0 Å². The topological polar surface area (TPSA) is 104 Å². The van der Waals surface area contributed by atoms with E-state index < -0.39 is 10.0 Å². The van der Waals surface area contributed by atoms with E-state index in [0.717, 1.165) is 18.4 Å². The van der Waals surface area contributed by atoms with Gasteiger partial charge in [-0.05, 0) is 61.6 Å². The first-order chi connectivity index (χ1) is 13.7. The van der Waals surface area contributed by atoms with Crippen LogP contribution in [0, 0.1) is 5.92 Å².